The van der Waals surface area contributed by atoms with E-state index in [2.05, 4.69) is 43.1 Å². The number of hydrogen-bond donors (Lipinski definition) is 1. The van der Waals surface area contributed by atoms with Gasteiger partial charge >= 0.3 is 0 Å². The first-order valence-electron chi connectivity index (χ1n) is 16.1. The predicted octanol–water partition coefficient (Wildman–Crippen LogP) is 2.19. The Kier molecular flexibility index (Phi) is 7.95. The molecule has 5 heterocycles. The number of nitrogens with zero attached hydrogens (tertiary/aromatic N) is 6. The van der Waals surface area contributed by atoms with Gasteiger partial charge in [-0.2, -0.15) is 5.26 Å². The Morgan fingerprint density at radius 1 is 1.19 bits per heavy atom. The topological polar surface area (TPSA) is 115 Å². The van der Waals surface area contributed by atoms with Gasteiger partial charge in [0.05, 0.1) is 47.7 Å². The first-order chi connectivity index (χ1) is 20.9. The van der Waals surface area contributed by atoms with E-state index in [1.165, 1.54) is 0 Å². The molecule has 7 rings (SSSR count). The van der Waals surface area contributed by atoms with Crippen LogP contribution in [0.25, 0.3) is 0 Å². The van der Waals surface area contributed by atoms with Gasteiger partial charge in [-0.3, -0.25) is 24.5 Å². The number of aromatic nitrogens is 2. The molecule has 1 amide bonds. The van der Waals surface area contributed by atoms with Crippen LogP contribution >= 0.6 is 0 Å². The summed E-state index contributed by atoms with van der Waals surface area (Å²) >= 11 is 0. The number of Topliss-reactive ketones (excluding diaryl/α,β-unsaturated/α-hetero) is 1. The van der Waals surface area contributed by atoms with E-state index < -0.39 is 24.2 Å². The number of alkyl halides is 1. The Labute approximate surface area is 252 Å². The van der Waals surface area contributed by atoms with Crippen LogP contribution in [0, 0.1) is 23.2 Å². The number of fused-ring (bicyclic) bond motifs is 2. The lowest BCUT2D eigenvalue weighted by Crippen LogP contribution is -2.73. The third-order valence-corrected chi connectivity index (χ3v) is 11.1. The largest absolute Gasteiger partial charge is 0.369 e. The number of halogens is 1. The van der Waals surface area contributed by atoms with Gasteiger partial charge in [-0.15, -0.1) is 0 Å². The van der Waals surface area contributed by atoms with Crippen molar-refractivity contribution < 1.29 is 18.7 Å². The lowest BCUT2D eigenvalue weighted by atomic mass is 9.69. The molecule has 1 N–H and O–H groups in total. The normalized spacial score (nSPS) is 39.5. The highest BCUT2D eigenvalue weighted by Gasteiger charge is 2.60. The zero-order valence-corrected chi connectivity index (χ0v) is 24.9. The first-order valence-corrected chi connectivity index (χ1v) is 16.1. The fourth-order valence-corrected chi connectivity index (χ4v) is 8.90. The number of likely N-dealkylation sites (tertiary alicyclic amines) is 2. The lowest BCUT2D eigenvalue weighted by Gasteiger charge is -2.60. The van der Waals surface area contributed by atoms with Crippen molar-refractivity contribution in [2.24, 2.45) is 11.8 Å². The third-order valence-electron chi connectivity index (χ3n) is 11.1. The SMILES string of the molecule is CN1CCCC1CCNC(=O)C1=CN2C3CC(C#N)CCC3OC3C(N4CCC(c5cnccn5)C4)C(F)CC(C1=O)C32. The fraction of sp³-hybridized carbons (Fsp3) is 0.719. The summed E-state index contributed by atoms with van der Waals surface area (Å²) in [4.78, 5) is 42.8. The van der Waals surface area contributed by atoms with E-state index in [1.807, 2.05) is 0 Å². The van der Waals surface area contributed by atoms with Gasteiger partial charge in [0.2, 0.25) is 0 Å². The van der Waals surface area contributed by atoms with Crippen molar-refractivity contribution in [1.82, 2.24) is 30.0 Å². The first kappa shape index (κ1) is 28.8. The molecule has 10 nitrogen and oxygen atoms in total. The number of rotatable bonds is 6. The number of carbonyl (C=O) groups excluding carboxylic acids is 2. The average molecular weight is 592 g/mol. The molecule has 0 bridgehead atoms. The molecule has 1 aromatic rings. The predicted molar refractivity (Wildman–Crippen MR) is 155 cm³/mol. The minimum Gasteiger partial charge on any atom is -0.369 e. The molecule has 230 valence electrons. The number of nitrogens with one attached hydrogen (secondary N) is 1. The maximum absolute atomic E-state index is 16.4. The molecule has 0 aromatic carbocycles. The summed E-state index contributed by atoms with van der Waals surface area (Å²) in [5.74, 6) is -1.25. The smallest absolute Gasteiger partial charge is 0.256 e. The molecule has 0 spiro atoms. The molecule has 11 heteroatoms. The average Bonchev–Trinajstić information content (AvgIpc) is 3.67. The van der Waals surface area contributed by atoms with Crippen LogP contribution in [0.2, 0.25) is 0 Å². The van der Waals surface area contributed by atoms with Crippen molar-refractivity contribution in [3.63, 3.8) is 0 Å². The number of ether oxygens (including phenoxy) is 1. The summed E-state index contributed by atoms with van der Waals surface area (Å²) in [6.45, 7) is 2.96. The van der Waals surface area contributed by atoms with Crippen molar-refractivity contribution in [2.75, 3.05) is 33.2 Å². The summed E-state index contributed by atoms with van der Waals surface area (Å²) in [5.41, 5.74) is 1.04. The standard InChI is InChI=1S/C32H42FN7O3/c1-38-11-2-3-21(38)6-8-37-32(42)23-18-40-26-13-19(15-34)4-5-27(26)43-31-28(40)22(30(23)41)14-24(33)29(31)39-12-7-20(17-39)25-16-35-9-10-36-25/h9-10,16,18-22,24,26-29,31H,2-8,11-14,17H2,1H3,(H,37,42). The van der Waals surface area contributed by atoms with Gasteiger partial charge in [-0.1, -0.05) is 0 Å². The molecular weight excluding hydrogens is 549 g/mol. The molecule has 10 atom stereocenters. The van der Waals surface area contributed by atoms with Gasteiger partial charge in [-0.25, -0.2) is 4.39 Å². The quantitative estimate of drug-likeness (QED) is 0.497. The van der Waals surface area contributed by atoms with E-state index in [9.17, 15) is 14.9 Å². The molecule has 43 heavy (non-hydrogen) atoms. The van der Waals surface area contributed by atoms with Gasteiger partial charge in [0, 0.05) is 61.7 Å². The number of hydrogen-bond acceptors (Lipinski definition) is 9. The minimum absolute atomic E-state index is 0.0629. The van der Waals surface area contributed by atoms with Crippen LogP contribution in [0.1, 0.15) is 63.0 Å². The second-order valence-electron chi connectivity index (χ2n) is 13.5. The molecule has 3 saturated heterocycles. The number of morpholine rings is 1. The lowest BCUT2D eigenvalue weighted by molar-refractivity contribution is -0.211. The molecule has 5 fully saturated rings. The Morgan fingerprint density at radius 3 is 2.84 bits per heavy atom. The van der Waals surface area contributed by atoms with Crippen molar-refractivity contribution in [2.45, 2.75) is 99.8 Å². The summed E-state index contributed by atoms with van der Waals surface area (Å²) in [7, 11) is 2.11. The molecule has 10 unspecified atom stereocenters. The van der Waals surface area contributed by atoms with E-state index in [0.717, 1.165) is 50.9 Å². The number of amides is 1. The van der Waals surface area contributed by atoms with Crippen LogP contribution in [-0.2, 0) is 14.3 Å². The molecule has 6 aliphatic rings. The second-order valence-corrected chi connectivity index (χ2v) is 13.5. The highest BCUT2D eigenvalue weighted by molar-refractivity contribution is 6.20. The zero-order valence-electron chi connectivity index (χ0n) is 24.9. The minimum atomic E-state index is -1.26. The summed E-state index contributed by atoms with van der Waals surface area (Å²) < 4.78 is 23.1. The van der Waals surface area contributed by atoms with Crippen LogP contribution < -0.4 is 5.32 Å². The zero-order chi connectivity index (χ0) is 29.7. The van der Waals surface area contributed by atoms with E-state index in [0.29, 0.717) is 32.0 Å². The van der Waals surface area contributed by atoms with Crippen molar-refractivity contribution in [1.29, 1.82) is 5.26 Å². The second kappa shape index (κ2) is 11.9. The van der Waals surface area contributed by atoms with Crippen molar-refractivity contribution >= 4 is 11.7 Å². The fourth-order valence-electron chi connectivity index (χ4n) is 8.90. The third kappa shape index (κ3) is 5.25. The van der Waals surface area contributed by atoms with E-state index in [-0.39, 0.29) is 53.7 Å². The maximum atomic E-state index is 16.4. The van der Waals surface area contributed by atoms with Crippen LogP contribution in [0.4, 0.5) is 4.39 Å². The van der Waals surface area contributed by atoms with Gasteiger partial charge in [0.1, 0.15) is 6.17 Å². The van der Waals surface area contributed by atoms with Crippen molar-refractivity contribution in [3.05, 3.63) is 36.1 Å². The van der Waals surface area contributed by atoms with Crippen LogP contribution in [0.15, 0.2) is 30.4 Å². The molecule has 4 aliphatic heterocycles. The molecule has 0 radical (unpaired) electrons. The van der Waals surface area contributed by atoms with E-state index in [1.54, 1.807) is 24.8 Å². The number of carbonyl (C=O) groups is 2. The Bertz CT molecular complexity index is 1290. The van der Waals surface area contributed by atoms with Gasteiger partial charge < -0.3 is 19.9 Å². The monoisotopic (exact) mass is 591 g/mol. The molecule has 2 aliphatic carbocycles. The van der Waals surface area contributed by atoms with Gasteiger partial charge in [-0.05, 0) is 71.5 Å². The summed E-state index contributed by atoms with van der Waals surface area (Å²) in [6, 6.07) is 1.91. The van der Waals surface area contributed by atoms with Gasteiger partial charge in [0.15, 0.2) is 5.78 Å². The van der Waals surface area contributed by atoms with Crippen LogP contribution in [0.3, 0.4) is 0 Å². The highest BCUT2D eigenvalue weighted by atomic mass is 19.1. The highest BCUT2D eigenvalue weighted by Crippen LogP contribution is 2.48. The summed E-state index contributed by atoms with van der Waals surface area (Å²) in [6.07, 6.45) is 11.1. The number of nitriles is 1. The Balaban J connectivity index is 1.15. The van der Waals surface area contributed by atoms with Crippen molar-refractivity contribution in [3.8, 4) is 6.07 Å². The molecular formula is C32H42FN7O3. The Hall–Kier alpha value is -2.94. The summed E-state index contributed by atoms with van der Waals surface area (Å²) in [5, 5.41) is 12.8. The maximum Gasteiger partial charge on any atom is 0.256 e. The van der Waals surface area contributed by atoms with Crippen LogP contribution in [0.5, 0.6) is 0 Å². The van der Waals surface area contributed by atoms with Gasteiger partial charge in [0.25, 0.3) is 5.91 Å². The number of ketones is 1. The van der Waals surface area contributed by atoms with Crippen LogP contribution in [-0.4, -0.2) is 112 Å². The van der Waals surface area contributed by atoms with E-state index >= 15 is 4.39 Å². The molecule has 1 aromatic heterocycles. The molecule has 2 saturated carbocycles. The van der Waals surface area contributed by atoms with E-state index in [4.69, 9.17) is 4.74 Å². The Morgan fingerprint density at radius 2 is 2.07 bits per heavy atom.